The quantitative estimate of drug-likeness (QED) is 0.399. The first-order valence-corrected chi connectivity index (χ1v) is 12.0. The highest BCUT2D eigenvalue weighted by Gasteiger charge is 2.35. The average molecular weight is 479 g/mol. The van der Waals surface area contributed by atoms with Gasteiger partial charge in [0.2, 0.25) is 11.0 Å². The molecular weight excluding hydrogens is 452 g/mol. The Labute approximate surface area is 201 Å². The van der Waals surface area contributed by atoms with Crippen molar-refractivity contribution in [2.75, 3.05) is 26.1 Å². The van der Waals surface area contributed by atoms with E-state index in [-0.39, 0.29) is 11.8 Å². The number of aromatic nitrogens is 3. The van der Waals surface area contributed by atoms with Crippen molar-refractivity contribution in [3.63, 3.8) is 0 Å². The Morgan fingerprint density at radius 1 is 1.21 bits per heavy atom. The van der Waals surface area contributed by atoms with Crippen molar-refractivity contribution >= 4 is 33.3 Å². The summed E-state index contributed by atoms with van der Waals surface area (Å²) in [5.74, 6) is 2.46. The van der Waals surface area contributed by atoms with Crippen LogP contribution >= 0.6 is 11.3 Å². The number of nitrogens with zero attached hydrogens (tertiary/aromatic N) is 3. The van der Waals surface area contributed by atoms with Gasteiger partial charge in [0.25, 0.3) is 0 Å². The first-order chi connectivity index (χ1) is 16.5. The second kappa shape index (κ2) is 8.98. The van der Waals surface area contributed by atoms with Gasteiger partial charge in [0, 0.05) is 23.5 Å². The van der Waals surface area contributed by atoms with Gasteiger partial charge < -0.3 is 19.5 Å². The molecule has 1 aliphatic rings. The number of thiazole rings is 1. The van der Waals surface area contributed by atoms with Crippen LogP contribution in [-0.2, 0) is 4.79 Å². The van der Waals surface area contributed by atoms with Gasteiger partial charge in [0.15, 0.2) is 11.5 Å². The lowest BCUT2D eigenvalue weighted by atomic mass is 9.85. The molecule has 2 aromatic carbocycles. The van der Waals surface area contributed by atoms with Crippen LogP contribution in [0.3, 0.4) is 0 Å². The van der Waals surface area contributed by atoms with Gasteiger partial charge in [-0.1, -0.05) is 30.4 Å². The first kappa shape index (κ1) is 22.2. The van der Waals surface area contributed by atoms with Crippen LogP contribution in [0.1, 0.15) is 42.5 Å². The SMILES string of the molecule is CCCOc1c(OC)cccc1[C@H]1CC(=O)Nc2c1c(C)nn2-c1nc2ccc(OC)cc2s1. The molecule has 1 atom stereocenters. The summed E-state index contributed by atoms with van der Waals surface area (Å²) < 4.78 is 19.7. The Bertz CT molecular complexity index is 1380. The molecule has 0 radical (unpaired) electrons. The summed E-state index contributed by atoms with van der Waals surface area (Å²) in [7, 11) is 3.27. The lowest BCUT2D eigenvalue weighted by Gasteiger charge is -2.26. The zero-order chi connectivity index (χ0) is 23.8. The lowest BCUT2D eigenvalue weighted by Crippen LogP contribution is -2.25. The Balaban J connectivity index is 1.64. The van der Waals surface area contributed by atoms with Crippen LogP contribution in [0.5, 0.6) is 17.2 Å². The van der Waals surface area contributed by atoms with Crippen molar-refractivity contribution in [2.24, 2.45) is 0 Å². The monoisotopic (exact) mass is 478 g/mol. The van der Waals surface area contributed by atoms with Gasteiger partial charge in [-0.05, 0) is 37.6 Å². The fourth-order valence-electron chi connectivity index (χ4n) is 4.39. The van der Waals surface area contributed by atoms with E-state index in [0.29, 0.717) is 35.5 Å². The van der Waals surface area contributed by atoms with Gasteiger partial charge in [-0.15, -0.1) is 0 Å². The molecule has 34 heavy (non-hydrogen) atoms. The summed E-state index contributed by atoms with van der Waals surface area (Å²) in [5, 5.41) is 8.51. The summed E-state index contributed by atoms with van der Waals surface area (Å²) in [6, 6.07) is 11.6. The molecule has 0 aliphatic carbocycles. The van der Waals surface area contributed by atoms with E-state index < -0.39 is 0 Å². The molecule has 1 aliphatic heterocycles. The number of benzene rings is 2. The van der Waals surface area contributed by atoms with Crippen LogP contribution in [0.25, 0.3) is 15.3 Å². The summed E-state index contributed by atoms with van der Waals surface area (Å²) in [4.78, 5) is 17.6. The predicted octanol–water partition coefficient (Wildman–Crippen LogP) is 5.07. The highest BCUT2D eigenvalue weighted by atomic mass is 32.1. The standard InChI is InChI=1S/C25H26N4O4S/c1-5-11-33-23-16(7-6-8-19(23)32-4)17-13-21(30)27-24-22(17)14(2)28-29(24)25-26-18-10-9-15(31-3)12-20(18)34-25/h6-10,12,17H,5,11,13H2,1-4H3,(H,27,30)/t17-/m1/s1. The number of hydrogen-bond acceptors (Lipinski definition) is 7. The smallest absolute Gasteiger partial charge is 0.226 e. The summed E-state index contributed by atoms with van der Waals surface area (Å²) in [5.41, 5.74) is 3.57. The number of hydrogen-bond donors (Lipinski definition) is 1. The fourth-order valence-corrected chi connectivity index (χ4v) is 5.34. The van der Waals surface area contributed by atoms with E-state index in [1.807, 2.05) is 43.3 Å². The number of nitrogens with one attached hydrogen (secondary N) is 1. The molecule has 0 saturated heterocycles. The van der Waals surface area contributed by atoms with E-state index in [1.54, 1.807) is 18.9 Å². The third-order valence-electron chi connectivity index (χ3n) is 5.92. The minimum Gasteiger partial charge on any atom is -0.497 e. The van der Waals surface area contributed by atoms with Crippen LogP contribution in [-0.4, -0.2) is 41.5 Å². The lowest BCUT2D eigenvalue weighted by molar-refractivity contribution is -0.116. The summed E-state index contributed by atoms with van der Waals surface area (Å²) in [6.45, 7) is 4.58. The number of amides is 1. The molecule has 0 saturated carbocycles. The van der Waals surface area contributed by atoms with E-state index in [0.717, 1.165) is 39.2 Å². The van der Waals surface area contributed by atoms with E-state index >= 15 is 0 Å². The van der Waals surface area contributed by atoms with Crippen molar-refractivity contribution < 1.29 is 19.0 Å². The highest BCUT2D eigenvalue weighted by molar-refractivity contribution is 7.20. The number of methoxy groups -OCH3 is 2. The fraction of sp³-hybridized carbons (Fsp3) is 0.320. The molecule has 176 valence electrons. The van der Waals surface area contributed by atoms with Crippen molar-refractivity contribution in [3.05, 3.63) is 53.2 Å². The number of rotatable bonds is 7. The zero-order valence-corrected chi connectivity index (χ0v) is 20.4. The van der Waals surface area contributed by atoms with Gasteiger partial charge in [0.1, 0.15) is 11.6 Å². The van der Waals surface area contributed by atoms with E-state index in [4.69, 9.17) is 24.3 Å². The van der Waals surface area contributed by atoms with Crippen LogP contribution in [0.15, 0.2) is 36.4 Å². The topological polar surface area (TPSA) is 87.5 Å². The van der Waals surface area contributed by atoms with Gasteiger partial charge >= 0.3 is 0 Å². The maximum atomic E-state index is 12.9. The Kier molecular flexibility index (Phi) is 5.87. The predicted molar refractivity (Wildman–Crippen MR) is 132 cm³/mol. The highest BCUT2D eigenvalue weighted by Crippen LogP contribution is 2.46. The largest absolute Gasteiger partial charge is 0.497 e. The molecule has 0 fully saturated rings. The molecule has 8 nitrogen and oxygen atoms in total. The zero-order valence-electron chi connectivity index (χ0n) is 19.5. The van der Waals surface area contributed by atoms with Crippen LogP contribution in [0.4, 0.5) is 5.82 Å². The van der Waals surface area contributed by atoms with Crippen LogP contribution in [0.2, 0.25) is 0 Å². The number of aryl methyl sites for hydroxylation is 1. The molecule has 5 rings (SSSR count). The number of carbonyl (C=O) groups excluding carboxylic acids is 1. The molecule has 0 unspecified atom stereocenters. The van der Waals surface area contributed by atoms with Gasteiger partial charge in [0.05, 0.1) is 36.7 Å². The summed E-state index contributed by atoms with van der Waals surface area (Å²) >= 11 is 1.50. The van der Waals surface area contributed by atoms with Crippen LogP contribution in [0, 0.1) is 6.92 Å². The average Bonchev–Trinajstić information content (AvgIpc) is 3.42. The molecule has 3 heterocycles. The molecule has 0 bridgehead atoms. The number of fused-ring (bicyclic) bond motifs is 2. The van der Waals surface area contributed by atoms with Crippen molar-refractivity contribution in [2.45, 2.75) is 32.6 Å². The van der Waals surface area contributed by atoms with E-state index in [2.05, 4.69) is 12.2 Å². The molecule has 1 amide bonds. The van der Waals surface area contributed by atoms with Crippen molar-refractivity contribution in [3.8, 4) is 22.4 Å². The maximum Gasteiger partial charge on any atom is 0.226 e. The minimum atomic E-state index is -0.214. The van der Waals surface area contributed by atoms with Gasteiger partial charge in [-0.2, -0.15) is 9.78 Å². The van der Waals surface area contributed by atoms with Gasteiger partial charge in [-0.25, -0.2) is 4.98 Å². The minimum absolute atomic E-state index is 0.0781. The second-order valence-corrected chi connectivity index (χ2v) is 9.13. The molecular formula is C25H26N4O4S. The molecule has 2 aromatic heterocycles. The third kappa shape index (κ3) is 3.75. The van der Waals surface area contributed by atoms with Crippen molar-refractivity contribution in [1.29, 1.82) is 0 Å². The number of ether oxygens (including phenoxy) is 3. The second-order valence-electron chi connectivity index (χ2n) is 8.12. The third-order valence-corrected chi connectivity index (χ3v) is 6.92. The molecule has 0 spiro atoms. The normalized spacial score (nSPS) is 15.2. The summed E-state index contributed by atoms with van der Waals surface area (Å²) in [6.07, 6.45) is 1.17. The Morgan fingerprint density at radius 3 is 2.82 bits per heavy atom. The number of para-hydroxylation sites is 1. The molecule has 4 aromatic rings. The van der Waals surface area contributed by atoms with Gasteiger partial charge in [-0.3, -0.25) is 4.79 Å². The molecule has 1 N–H and O–H groups in total. The molecule has 9 heteroatoms. The number of anilines is 1. The van der Waals surface area contributed by atoms with E-state index in [1.165, 1.54) is 11.3 Å². The Morgan fingerprint density at radius 2 is 2.06 bits per heavy atom. The maximum absolute atomic E-state index is 12.9. The number of carbonyl (C=O) groups is 1. The Hall–Kier alpha value is -3.59. The van der Waals surface area contributed by atoms with Crippen molar-refractivity contribution in [1.82, 2.24) is 14.8 Å². The first-order valence-electron chi connectivity index (χ1n) is 11.2. The van der Waals surface area contributed by atoms with E-state index in [9.17, 15) is 4.79 Å². The van der Waals surface area contributed by atoms with Crippen LogP contribution < -0.4 is 19.5 Å².